The number of carbonyl (C=O) groups excluding carboxylic acids is 1. The Morgan fingerprint density at radius 2 is 2.06 bits per heavy atom. The van der Waals surface area contributed by atoms with Crippen LogP contribution in [-0.4, -0.2) is 30.8 Å². The zero-order valence-electron chi connectivity index (χ0n) is 10.5. The lowest BCUT2D eigenvalue weighted by Gasteiger charge is -2.20. The van der Waals surface area contributed by atoms with Crippen LogP contribution >= 0.6 is 0 Å². The lowest BCUT2D eigenvalue weighted by Crippen LogP contribution is -2.37. The standard InChI is InChI=1S/C13H18FNO3/c1-9(15-12(16)7-8-18-2)13(17)10-3-5-11(14)6-4-10/h3-6,9,13,17H,7-8H2,1-2H3,(H,15,16). The van der Waals surface area contributed by atoms with Crippen LogP contribution in [0.25, 0.3) is 0 Å². The largest absolute Gasteiger partial charge is 0.386 e. The highest BCUT2D eigenvalue weighted by molar-refractivity contribution is 5.76. The van der Waals surface area contributed by atoms with Gasteiger partial charge in [0.2, 0.25) is 5.91 Å². The topological polar surface area (TPSA) is 58.6 Å². The number of hydrogen-bond donors (Lipinski definition) is 2. The van der Waals surface area contributed by atoms with E-state index in [1.807, 2.05) is 0 Å². The molecule has 0 fully saturated rings. The van der Waals surface area contributed by atoms with E-state index in [4.69, 9.17) is 4.74 Å². The highest BCUT2D eigenvalue weighted by Gasteiger charge is 2.18. The van der Waals surface area contributed by atoms with Crippen molar-refractivity contribution in [3.63, 3.8) is 0 Å². The number of ether oxygens (including phenoxy) is 1. The maximum absolute atomic E-state index is 12.7. The molecule has 1 rings (SSSR count). The van der Waals surface area contributed by atoms with Crippen LogP contribution < -0.4 is 5.32 Å². The van der Waals surface area contributed by atoms with Crippen LogP contribution in [0.5, 0.6) is 0 Å². The second-order valence-electron chi connectivity index (χ2n) is 4.10. The molecular formula is C13H18FNO3. The van der Waals surface area contributed by atoms with E-state index in [9.17, 15) is 14.3 Å². The Balaban J connectivity index is 2.53. The molecule has 0 saturated heterocycles. The van der Waals surface area contributed by atoms with Gasteiger partial charge in [0, 0.05) is 13.5 Å². The lowest BCUT2D eigenvalue weighted by atomic mass is 10.0. The van der Waals surface area contributed by atoms with E-state index < -0.39 is 12.1 Å². The summed E-state index contributed by atoms with van der Waals surface area (Å²) in [5.41, 5.74) is 0.566. The molecule has 5 heteroatoms. The van der Waals surface area contributed by atoms with Gasteiger partial charge in [0.1, 0.15) is 5.82 Å². The molecular weight excluding hydrogens is 237 g/mol. The molecule has 2 unspecified atom stereocenters. The normalized spacial score (nSPS) is 14.0. The van der Waals surface area contributed by atoms with Gasteiger partial charge in [-0.05, 0) is 24.6 Å². The van der Waals surface area contributed by atoms with Crippen molar-refractivity contribution in [1.29, 1.82) is 0 Å². The van der Waals surface area contributed by atoms with Crippen LogP contribution in [-0.2, 0) is 9.53 Å². The molecule has 18 heavy (non-hydrogen) atoms. The lowest BCUT2D eigenvalue weighted by molar-refractivity contribution is -0.123. The van der Waals surface area contributed by atoms with Crippen molar-refractivity contribution in [3.05, 3.63) is 35.6 Å². The Morgan fingerprint density at radius 1 is 1.44 bits per heavy atom. The first kappa shape index (κ1) is 14.6. The Hall–Kier alpha value is -1.46. The van der Waals surface area contributed by atoms with E-state index in [0.29, 0.717) is 12.2 Å². The van der Waals surface area contributed by atoms with Crippen LogP contribution in [0.2, 0.25) is 0 Å². The maximum atomic E-state index is 12.7. The molecule has 0 heterocycles. The third kappa shape index (κ3) is 4.43. The summed E-state index contributed by atoms with van der Waals surface area (Å²) in [6, 6.07) is 5.10. The van der Waals surface area contributed by atoms with Crippen molar-refractivity contribution >= 4 is 5.91 Å². The molecule has 0 aromatic heterocycles. The molecule has 0 radical (unpaired) electrons. The molecule has 0 spiro atoms. The van der Waals surface area contributed by atoms with Crippen molar-refractivity contribution in [1.82, 2.24) is 5.32 Å². The van der Waals surface area contributed by atoms with E-state index in [-0.39, 0.29) is 18.1 Å². The van der Waals surface area contributed by atoms with Gasteiger partial charge in [-0.3, -0.25) is 4.79 Å². The fraction of sp³-hybridized carbons (Fsp3) is 0.462. The third-order valence-electron chi connectivity index (χ3n) is 2.61. The van der Waals surface area contributed by atoms with Gasteiger partial charge in [-0.15, -0.1) is 0 Å². The van der Waals surface area contributed by atoms with E-state index in [0.717, 1.165) is 0 Å². The van der Waals surface area contributed by atoms with Gasteiger partial charge in [0.25, 0.3) is 0 Å². The van der Waals surface area contributed by atoms with Gasteiger partial charge >= 0.3 is 0 Å². The minimum Gasteiger partial charge on any atom is -0.386 e. The summed E-state index contributed by atoms with van der Waals surface area (Å²) in [5.74, 6) is -0.548. The Bertz CT molecular complexity index is 380. The Morgan fingerprint density at radius 3 is 2.61 bits per heavy atom. The molecule has 0 aliphatic carbocycles. The molecule has 0 saturated carbocycles. The Labute approximate surface area is 106 Å². The smallest absolute Gasteiger partial charge is 0.222 e. The number of hydrogen-bond acceptors (Lipinski definition) is 3. The van der Waals surface area contributed by atoms with E-state index in [2.05, 4.69) is 5.32 Å². The van der Waals surface area contributed by atoms with Crippen molar-refractivity contribution in [2.24, 2.45) is 0 Å². The second-order valence-corrected chi connectivity index (χ2v) is 4.10. The summed E-state index contributed by atoms with van der Waals surface area (Å²) in [6.07, 6.45) is -0.617. The summed E-state index contributed by atoms with van der Waals surface area (Å²) < 4.78 is 17.5. The first-order valence-corrected chi connectivity index (χ1v) is 5.76. The average Bonchev–Trinajstić information content (AvgIpc) is 2.36. The van der Waals surface area contributed by atoms with Gasteiger partial charge in [-0.1, -0.05) is 12.1 Å². The van der Waals surface area contributed by atoms with E-state index >= 15 is 0 Å². The highest BCUT2D eigenvalue weighted by Crippen LogP contribution is 2.17. The van der Waals surface area contributed by atoms with E-state index in [1.165, 1.54) is 31.4 Å². The Kier molecular flexibility index (Phi) is 5.74. The van der Waals surface area contributed by atoms with Gasteiger partial charge in [0.05, 0.1) is 18.8 Å². The minimum atomic E-state index is -0.864. The first-order chi connectivity index (χ1) is 8.54. The molecule has 4 nitrogen and oxygen atoms in total. The second kappa shape index (κ2) is 7.08. The molecule has 0 aliphatic rings. The molecule has 0 bridgehead atoms. The number of carbonyl (C=O) groups is 1. The van der Waals surface area contributed by atoms with E-state index in [1.54, 1.807) is 6.92 Å². The number of amides is 1. The first-order valence-electron chi connectivity index (χ1n) is 5.76. The zero-order chi connectivity index (χ0) is 13.5. The fourth-order valence-corrected chi connectivity index (χ4v) is 1.55. The molecule has 1 amide bonds. The number of aliphatic hydroxyl groups is 1. The van der Waals surface area contributed by atoms with Crippen molar-refractivity contribution in [2.45, 2.75) is 25.5 Å². The molecule has 2 atom stereocenters. The SMILES string of the molecule is COCCC(=O)NC(C)C(O)c1ccc(F)cc1. The van der Waals surface area contributed by atoms with Crippen LogP contribution in [0.4, 0.5) is 4.39 Å². The van der Waals surface area contributed by atoms with Crippen LogP contribution in [0, 0.1) is 5.82 Å². The summed E-state index contributed by atoms with van der Waals surface area (Å²) in [7, 11) is 1.52. The molecule has 100 valence electrons. The monoisotopic (exact) mass is 255 g/mol. The number of rotatable bonds is 6. The highest BCUT2D eigenvalue weighted by atomic mass is 19.1. The summed E-state index contributed by atoms with van der Waals surface area (Å²) in [4.78, 5) is 11.4. The predicted molar refractivity (Wildman–Crippen MR) is 65.5 cm³/mol. The minimum absolute atomic E-state index is 0.189. The van der Waals surface area contributed by atoms with Crippen molar-refractivity contribution < 1.29 is 19.0 Å². The van der Waals surface area contributed by atoms with Crippen molar-refractivity contribution in [2.75, 3.05) is 13.7 Å². The fourth-order valence-electron chi connectivity index (χ4n) is 1.55. The van der Waals surface area contributed by atoms with Crippen LogP contribution in [0.3, 0.4) is 0 Å². The molecule has 0 aliphatic heterocycles. The van der Waals surface area contributed by atoms with Crippen molar-refractivity contribution in [3.8, 4) is 0 Å². The van der Waals surface area contributed by atoms with Gasteiger partial charge in [-0.2, -0.15) is 0 Å². The summed E-state index contributed by atoms with van der Waals surface area (Å²) in [5, 5.41) is 12.7. The number of aliphatic hydroxyl groups excluding tert-OH is 1. The molecule has 1 aromatic carbocycles. The van der Waals surface area contributed by atoms with Crippen LogP contribution in [0.15, 0.2) is 24.3 Å². The average molecular weight is 255 g/mol. The van der Waals surface area contributed by atoms with Gasteiger partial charge in [0.15, 0.2) is 0 Å². The third-order valence-corrected chi connectivity index (χ3v) is 2.61. The number of nitrogens with one attached hydrogen (secondary N) is 1. The van der Waals surface area contributed by atoms with Gasteiger partial charge < -0.3 is 15.2 Å². The molecule has 1 aromatic rings. The quantitative estimate of drug-likeness (QED) is 0.807. The summed E-state index contributed by atoms with van der Waals surface area (Å²) in [6.45, 7) is 2.03. The number of halogens is 1. The maximum Gasteiger partial charge on any atom is 0.222 e. The van der Waals surface area contributed by atoms with Crippen LogP contribution in [0.1, 0.15) is 25.0 Å². The number of benzene rings is 1. The summed E-state index contributed by atoms with van der Waals surface area (Å²) >= 11 is 0. The van der Waals surface area contributed by atoms with Gasteiger partial charge in [-0.25, -0.2) is 4.39 Å². The number of methoxy groups -OCH3 is 1. The molecule has 2 N–H and O–H groups in total. The predicted octanol–water partition coefficient (Wildman–Crippen LogP) is 1.40. The zero-order valence-corrected chi connectivity index (χ0v) is 10.5.